The maximum atomic E-state index is 4.00. The highest BCUT2D eigenvalue weighted by molar-refractivity contribution is 14.1. The zero-order chi connectivity index (χ0) is 6.97. The molecular weight excluding hydrogens is 245 g/mol. The Hall–Kier alpha value is -0.660. The zero-order valence-electron chi connectivity index (χ0n) is 4.90. The van der Waals surface area contributed by atoms with Crippen molar-refractivity contribution in [1.82, 2.24) is 10.4 Å². The van der Waals surface area contributed by atoms with E-state index in [1.807, 2.05) is 0 Å². The Kier molecular flexibility index (Phi) is 1.33. The molecule has 0 fully saturated rings. The number of fused-ring (bicyclic) bond motifs is 1. The minimum atomic E-state index is 0.0330. The topological polar surface area (TPSA) is 52.4 Å². The van der Waals surface area contributed by atoms with Crippen molar-refractivity contribution in [3.8, 4) is 0 Å². The lowest BCUT2D eigenvalue weighted by Gasteiger charge is -2.18. The number of rotatable bonds is 0. The van der Waals surface area contributed by atoms with Gasteiger partial charge in [0.2, 0.25) is 0 Å². The molecule has 0 aliphatic carbocycles. The van der Waals surface area contributed by atoms with Gasteiger partial charge in [-0.3, -0.25) is 5.43 Å². The van der Waals surface area contributed by atoms with Crippen LogP contribution in [0.25, 0.3) is 0 Å². The van der Waals surface area contributed by atoms with E-state index < -0.39 is 0 Å². The normalized spacial score (nSPS) is 27.9. The van der Waals surface area contributed by atoms with Crippen molar-refractivity contribution in [2.24, 2.45) is 15.2 Å². The van der Waals surface area contributed by atoms with Gasteiger partial charge in [0.25, 0.3) is 0 Å². The van der Waals surface area contributed by atoms with Crippen LogP contribution in [0.2, 0.25) is 0 Å². The maximum Gasteiger partial charge on any atom is 0.185 e. The fourth-order valence-corrected chi connectivity index (χ4v) is 1.31. The van der Waals surface area contributed by atoms with E-state index in [4.69, 9.17) is 0 Å². The van der Waals surface area contributed by atoms with E-state index >= 15 is 0 Å². The van der Waals surface area contributed by atoms with E-state index in [1.165, 1.54) is 6.34 Å². The first kappa shape index (κ1) is 6.08. The van der Waals surface area contributed by atoms with Crippen LogP contribution in [0.15, 0.2) is 15.2 Å². The van der Waals surface area contributed by atoms with Gasteiger partial charge >= 0.3 is 0 Å². The minimum Gasteiger partial charge on any atom is -0.278 e. The Morgan fingerprint density at radius 1 is 1.70 bits per heavy atom. The van der Waals surface area contributed by atoms with Gasteiger partial charge in [0.05, 0.1) is 0 Å². The summed E-state index contributed by atoms with van der Waals surface area (Å²) in [5.74, 6) is 0. The summed E-state index contributed by atoms with van der Waals surface area (Å²) in [6, 6.07) is 0. The molecule has 2 aliphatic heterocycles. The van der Waals surface area contributed by atoms with Crippen molar-refractivity contribution in [1.29, 1.82) is 0 Å². The lowest BCUT2D eigenvalue weighted by molar-refractivity contribution is 0.398. The summed E-state index contributed by atoms with van der Waals surface area (Å²) < 4.78 is 0.949. The smallest absolute Gasteiger partial charge is 0.185 e. The van der Waals surface area contributed by atoms with Crippen molar-refractivity contribution in [2.45, 2.75) is 6.17 Å². The fraction of sp³-hybridized carbons (Fsp3) is 0.250. The van der Waals surface area contributed by atoms with Crippen LogP contribution in [0, 0.1) is 0 Å². The van der Waals surface area contributed by atoms with Crippen LogP contribution in [-0.4, -0.2) is 27.6 Å². The number of hydrazone groups is 2. The first-order valence-electron chi connectivity index (χ1n) is 2.70. The second kappa shape index (κ2) is 2.19. The molecule has 0 aromatic heterocycles. The molecule has 0 aromatic rings. The standard InChI is InChI=1S/C4H4IN5/c5-3-4-9-7-2-10(4)8-1-6-3/h1-2,4,9H. The zero-order valence-corrected chi connectivity index (χ0v) is 7.06. The van der Waals surface area contributed by atoms with Gasteiger partial charge in [-0.05, 0) is 22.6 Å². The van der Waals surface area contributed by atoms with Gasteiger partial charge in [-0.1, -0.05) is 0 Å². The summed E-state index contributed by atoms with van der Waals surface area (Å²) in [5, 5.41) is 9.49. The van der Waals surface area contributed by atoms with Crippen LogP contribution in [-0.2, 0) is 0 Å². The van der Waals surface area contributed by atoms with Crippen LogP contribution >= 0.6 is 22.6 Å². The highest BCUT2D eigenvalue weighted by Gasteiger charge is 2.25. The molecule has 0 spiro atoms. The van der Waals surface area contributed by atoms with Gasteiger partial charge in [0, 0.05) is 0 Å². The molecule has 1 N–H and O–H groups in total. The van der Waals surface area contributed by atoms with Crippen LogP contribution in [0.5, 0.6) is 0 Å². The van der Waals surface area contributed by atoms with Crippen LogP contribution < -0.4 is 5.43 Å². The summed E-state index contributed by atoms with van der Waals surface area (Å²) in [7, 11) is 0. The molecule has 0 bridgehead atoms. The Balaban J connectivity index is 2.29. The highest BCUT2D eigenvalue weighted by Crippen LogP contribution is 2.10. The molecule has 0 saturated carbocycles. The predicted molar refractivity (Wildman–Crippen MR) is 47.2 cm³/mol. The third-order valence-corrected chi connectivity index (χ3v) is 2.10. The van der Waals surface area contributed by atoms with Crippen LogP contribution in [0.3, 0.4) is 0 Å². The third kappa shape index (κ3) is 0.789. The number of halogens is 1. The highest BCUT2D eigenvalue weighted by atomic mass is 127. The van der Waals surface area contributed by atoms with E-state index in [2.05, 4.69) is 43.2 Å². The van der Waals surface area contributed by atoms with E-state index in [0.29, 0.717) is 0 Å². The van der Waals surface area contributed by atoms with Gasteiger partial charge < -0.3 is 0 Å². The van der Waals surface area contributed by atoms with E-state index in [-0.39, 0.29) is 6.17 Å². The molecular formula is C4H4IN5. The van der Waals surface area contributed by atoms with Crippen molar-refractivity contribution in [2.75, 3.05) is 0 Å². The quantitative estimate of drug-likeness (QED) is 0.612. The summed E-state index contributed by atoms with van der Waals surface area (Å²) in [4.78, 5) is 4.00. The summed E-state index contributed by atoms with van der Waals surface area (Å²) in [6.07, 6.45) is 3.18. The van der Waals surface area contributed by atoms with Gasteiger partial charge in [-0.2, -0.15) is 10.2 Å². The predicted octanol–water partition coefficient (Wildman–Crippen LogP) is -0.0486. The van der Waals surface area contributed by atoms with E-state index in [1.54, 1.807) is 11.3 Å². The number of aliphatic imine (C=N–C) groups is 1. The Bertz CT molecular complexity index is 232. The Morgan fingerprint density at radius 3 is 3.40 bits per heavy atom. The molecule has 0 saturated heterocycles. The first-order chi connectivity index (χ1) is 4.88. The molecule has 0 radical (unpaired) electrons. The largest absolute Gasteiger partial charge is 0.278 e. The van der Waals surface area contributed by atoms with E-state index in [0.717, 1.165) is 3.72 Å². The van der Waals surface area contributed by atoms with Gasteiger partial charge in [0.1, 0.15) is 16.4 Å². The monoisotopic (exact) mass is 249 g/mol. The van der Waals surface area contributed by atoms with Gasteiger partial charge in [-0.15, -0.1) is 0 Å². The number of hydrogen-bond acceptors (Lipinski definition) is 5. The number of hydrogen-bond donors (Lipinski definition) is 1. The molecule has 1 unspecified atom stereocenters. The lowest BCUT2D eigenvalue weighted by Crippen LogP contribution is -2.40. The second-order valence-electron chi connectivity index (χ2n) is 1.84. The molecule has 2 aliphatic rings. The first-order valence-corrected chi connectivity index (χ1v) is 3.78. The van der Waals surface area contributed by atoms with Crippen LogP contribution in [0.4, 0.5) is 0 Å². The Morgan fingerprint density at radius 2 is 2.60 bits per heavy atom. The molecule has 6 heteroatoms. The summed E-state index contributed by atoms with van der Waals surface area (Å²) >= 11 is 2.15. The molecule has 2 heterocycles. The minimum absolute atomic E-state index is 0.0330. The molecule has 0 amide bonds. The van der Waals surface area contributed by atoms with Crippen molar-refractivity contribution >= 4 is 39.0 Å². The SMILES string of the molecule is IC1=NC=NN2C=NNC12. The summed E-state index contributed by atoms with van der Waals surface area (Å²) in [6.45, 7) is 0. The van der Waals surface area contributed by atoms with Crippen LogP contribution in [0.1, 0.15) is 0 Å². The number of nitrogens with one attached hydrogen (secondary N) is 1. The van der Waals surface area contributed by atoms with E-state index in [9.17, 15) is 0 Å². The molecule has 5 nitrogen and oxygen atoms in total. The Labute approximate surface area is 71.0 Å². The molecule has 1 atom stereocenters. The second-order valence-corrected chi connectivity index (χ2v) is 2.94. The summed E-state index contributed by atoms with van der Waals surface area (Å²) in [5.41, 5.74) is 2.85. The maximum absolute atomic E-state index is 4.00. The van der Waals surface area contributed by atoms with Crippen molar-refractivity contribution < 1.29 is 0 Å². The fourth-order valence-electron chi connectivity index (χ4n) is 0.759. The average molecular weight is 249 g/mol. The van der Waals surface area contributed by atoms with Crippen molar-refractivity contribution in [3.63, 3.8) is 0 Å². The van der Waals surface area contributed by atoms with Gasteiger partial charge in [-0.25, -0.2) is 10.0 Å². The molecule has 52 valence electrons. The molecule has 2 rings (SSSR count). The number of nitrogens with zero attached hydrogens (tertiary/aromatic N) is 4. The average Bonchev–Trinajstić information content (AvgIpc) is 2.36. The van der Waals surface area contributed by atoms with Gasteiger partial charge in [0.15, 0.2) is 6.17 Å². The lowest BCUT2D eigenvalue weighted by atomic mass is 10.5. The molecule has 10 heavy (non-hydrogen) atoms. The van der Waals surface area contributed by atoms with Crippen molar-refractivity contribution in [3.05, 3.63) is 0 Å². The third-order valence-electron chi connectivity index (χ3n) is 1.23. The molecule has 0 aromatic carbocycles.